The van der Waals surface area contributed by atoms with Gasteiger partial charge in [0.2, 0.25) is 0 Å². The maximum atomic E-state index is 11.8. The van der Waals surface area contributed by atoms with Gasteiger partial charge in [-0.2, -0.15) is 11.8 Å². The van der Waals surface area contributed by atoms with E-state index in [-0.39, 0.29) is 17.3 Å². The highest BCUT2D eigenvalue weighted by atomic mass is 32.2. The number of benzene rings is 1. The van der Waals surface area contributed by atoms with Gasteiger partial charge in [0, 0.05) is 10.5 Å². The van der Waals surface area contributed by atoms with Crippen LogP contribution in [0.1, 0.15) is 26.3 Å². The third-order valence-corrected chi connectivity index (χ3v) is 3.93. The van der Waals surface area contributed by atoms with Crippen LogP contribution >= 0.6 is 11.8 Å². The molecule has 1 rings (SSSR count). The van der Waals surface area contributed by atoms with Gasteiger partial charge in [0.05, 0.1) is 7.11 Å². The first kappa shape index (κ1) is 16.9. The average Bonchev–Trinajstić information content (AvgIpc) is 2.41. The molecule has 0 radical (unpaired) electrons. The van der Waals surface area contributed by atoms with Crippen LogP contribution in [0, 0.1) is 0 Å². The van der Waals surface area contributed by atoms with Crippen molar-refractivity contribution in [2.75, 3.05) is 12.9 Å². The lowest BCUT2D eigenvalue weighted by Gasteiger charge is -2.19. The summed E-state index contributed by atoms with van der Waals surface area (Å²) in [5.41, 5.74) is 6.73. The highest BCUT2D eigenvalue weighted by molar-refractivity contribution is 8.00. The Balaban J connectivity index is 2.38. The first-order valence-electron chi connectivity index (χ1n) is 6.51. The van der Waals surface area contributed by atoms with Crippen LogP contribution in [-0.4, -0.2) is 29.6 Å². The number of methoxy groups -OCH3 is 1. The molecule has 0 spiro atoms. The number of ether oxygens (including phenoxy) is 2. The van der Waals surface area contributed by atoms with E-state index in [0.29, 0.717) is 5.75 Å². The van der Waals surface area contributed by atoms with Crippen LogP contribution in [0.2, 0.25) is 0 Å². The third-order valence-electron chi connectivity index (χ3n) is 2.54. The van der Waals surface area contributed by atoms with Crippen molar-refractivity contribution >= 4 is 17.7 Å². The van der Waals surface area contributed by atoms with E-state index < -0.39 is 6.04 Å². The Bertz CT molecular complexity index is 426. The van der Waals surface area contributed by atoms with E-state index in [4.69, 9.17) is 15.2 Å². The summed E-state index contributed by atoms with van der Waals surface area (Å²) in [6.07, 6.45) is 0. The maximum Gasteiger partial charge on any atom is 0.324 e. The van der Waals surface area contributed by atoms with Crippen molar-refractivity contribution in [3.63, 3.8) is 0 Å². The second-order valence-corrected chi connectivity index (χ2v) is 7.33. The van der Waals surface area contributed by atoms with Crippen LogP contribution in [0.3, 0.4) is 0 Å². The molecular weight excluding hydrogens is 274 g/mol. The molecule has 0 bridgehead atoms. The Kier molecular flexibility index (Phi) is 6.36. The first-order chi connectivity index (χ1) is 9.31. The van der Waals surface area contributed by atoms with Gasteiger partial charge in [0.15, 0.2) is 0 Å². The monoisotopic (exact) mass is 297 g/mol. The van der Waals surface area contributed by atoms with Crippen LogP contribution in [0.5, 0.6) is 5.75 Å². The largest absolute Gasteiger partial charge is 0.497 e. The molecule has 0 amide bonds. The van der Waals surface area contributed by atoms with Crippen LogP contribution in [-0.2, 0) is 16.1 Å². The first-order valence-corrected chi connectivity index (χ1v) is 7.49. The quantitative estimate of drug-likeness (QED) is 0.818. The second-order valence-electron chi connectivity index (χ2n) is 5.49. The molecule has 0 saturated carbocycles. The number of rotatable bonds is 6. The van der Waals surface area contributed by atoms with E-state index in [9.17, 15) is 4.79 Å². The SMILES string of the molecule is COc1ccc(COC(=O)[C@@H](N)CSC(C)(C)C)cc1. The molecule has 0 aliphatic heterocycles. The number of hydrogen-bond acceptors (Lipinski definition) is 5. The topological polar surface area (TPSA) is 61.5 Å². The van der Waals surface area contributed by atoms with E-state index in [0.717, 1.165) is 11.3 Å². The zero-order valence-corrected chi connectivity index (χ0v) is 13.3. The van der Waals surface area contributed by atoms with E-state index >= 15 is 0 Å². The Morgan fingerprint density at radius 2 is 1.90 bits per heavy atom. The Morgan fingerprint density at radius 1 is 1.30 bits per heavy atom. The van der Waals surface area contributed by atoms with Crippen molar-refractivity contribution in [2.45, 2.75) is 38.2 Å². The minimum Gasteiger partial charge on any atom is -0.497 e. The normalized spacial score (nSPS) is 12.8. The van der Waals surface area contributed by atoms with Gasteiger partial charge in [-0.15, -0.1) is 0 Å². The molecule has 0 fully saturated rings. The number of carbonyl (C=O) groups is 1. The van der Waals surface area contributed by atoms with Gasteiger partial charge in [-0.25, -0.2) is 0 Å². The summed E-state index contributed by atoms with van der Waals surface area (Å²) in [7, 11) is 1.61. The highest BCUT2D eigenvalue weighted by Gasteiger charge is 2.19. The Hall–Kier alpha value is -1.20. The number of esters is 1. The minimum atomic E-state index is -0.586. The van der Waals surface area contributed by atoms with Gasteiger partial charge < -0.3 is 15.2 Å². The van der Waals surface area contributed by atoms with Crippen molar-refractivity contribution in [1.82, 2.24) is 0 Å². The zero-order valence-electron chi connectivity index (χ0n) is 12.5. The predicted molar refractivity (Wildman–Crippen MR) is 83.0 cm³/mol. The third kappa shape index (κ3) is 6.30. The molecule has 20 heavy (non-hydrogen) atoms. The van der Waals surface area contributed by atoms with Crippen LogP contribution in [0.4, 0.5) is 0 Å². The smallest absolute Gasteiger partial charge is 0.324 e. The molecule has 1 aromatic carbocycles. The summed E-state index contributed by atoms with van der Waals surface area (Å²) < 4.78 is 10.4. The van der Waals surface area contributed by atoms with Crippen LogP contribution in [0.25, 0.3) is 0 Å². The number of carbonyl (C=O) groups excluding carboxylic acids is 1. The molecule has 0 aliphatic rings. The molecule has 1 aromatic rings. The Labute approximate surface area is 125 Å². The fourth-order valence-corrected chi connectivity index (χ4v) is 2.21. The van der Waals surface area contributed by atoms with E-state index in [1.165, 1.54) is 0 Å². The molecular formula is C15H23NO3S. The fraction of sp³-hybridized carbons (Fsp3) is 0.533. The lowest BCUT2D eigenvalue weighted by atomic mass is 10.2. The molecule has 0 aromatic heterocycles. The van der Waals surface area contributed by atoms with Crippen molar-refractivity contribution < 1.29 is 14.3 Å². The standard InChI is InChI=1S/C15H23NO3S/c1-15(2,3)20-10-13(16)14(17)19-9-11-5-7-12(18-4)8-6-11/h5-8,13H,9-10,16H2,1-4H3/t13-/m0/s1. The van der Waals surface area contributed by atoms with Gasteiger partial charge in [-0.3, -0.25) is 4.79 Å². The summed E-state index contributed by atoms with van der Waals surface area (Å²) in [4.78, 5) is 11.8. The average molecular weight is 297 g/mol. The molecule has 0 unspecified atom stereocenters. The number of nitrogens with two attached hydrogens (primary N) is 1. The minimum absolute atomic E-state index is 0.0912. The molecule has 4 nitrogen and oxygen atoms in total. The lowest BCUT2D eigenvalue weighted by Crippen LogP contribution is -2.35. The van der Waals surface area contributed by atoms with E-state index in [1.54, 1.807) is 18.9 Å². The highest BCUT2D eigenvalue weighted by Crippen LogP contribution is 2.23. The van der Waals surface area contributed by atoms with Gasteiger partial charge in [-0.1, -0.05) is 32.9 Å². The van der Waals surface area contributed by atoms with Crippen molar-refractivity contribution in [3.8, 4) is 5.75 Å². The van der Waals surface area contributed by atoms with Crippen LogP contribution < -0.4 is 10.5 Å². The van der Waals surface area contributed by atoms with E-state index in [1.807, 2.05) is 24.3 Å². The van der Waals surface area contributed by atoms with Crippen LogP contribution in [0.15, 0.2) is 24.3 Å². The van der Waals surface area contributed by atoms with E-state index in [2.05, 4.69) is 20.8 Å². The Morgan fingerprint density at radius 3 is 2.40 bits per heavy atom. The lowest BCUT2D eigenvalue weighted by molar-refractivity contribution is -0.145. The van der Waals surface area contributed by atoms with Gasteiger partial charge >= 0.3 is 5.97 Å². The fourth-order valence-electron chi connectivity index (χ4n) is 1.39. The molecule has 1 atom stereocenters. The second kappa shape index (κ2) is 7.55. The molecule has 0 heterocycles. The molecule has 5 heteroatoms. The molecule has 112 valence electrons. The van der Waals surface area contributed by atoms with Crippen molar-refractivity contribution in [1.29, 1.82) is 0 Å². The molecule has 0 saturated heterocycles. The summed E-state index contributed by atoms with van der Waals surface area (Å²) in [6, 6.07) is 6.80. The zero-order chi connectivity index (χ0) is 15.2. The summed E-state index contributed by atoms with van der Waals surface area (Å²) in [6.45, 7) is 6.50. The van der Waals surface area contributed by atoms with Crippen molar-refractivity contribution in [2.24, 2.45) is 5.73 Å². The van der Waals surface area contributed by atoms with Gasteiger partial charge in [-0.05, 0) is 17.7 Å². The summed E-state index contributed by atoms with van der Waals surface area (Å²) in [5.74, 6) is 0.973. The van der Waals surface area contributed by atoms with Gasteiger partial charge in [0.1, 0.15) is 18.4 Å². The summed E-state index contributed by atoms with van der Waals surface area (Å²) >= 11 is 1.65. The van der Waals surface area contributed by atoms with Crippen molar-refractivity contribution in [3.05, 3.63) is 29.8 Å². The number of thioether (sulfide) groups is 1. The summed E-state index contributed by atoms with van der Waals surface area (Å²) in [5, 5.41) is 0. The molecule has 2 N–H and O–H groups in total. The predicted octanol–water partition coefficient (Wildman–Crippen LogP) is 2.60. The molecule has 0 aliphatic carbocycles. The number of hydrogen-bond donors (Lipinski definition) is 1. The maximum absolute atomic E-state index is 11.8. The van der Waals surface area contributed by atoms with Gasteiger partial charge in [0.25, 0.3) is 0 Å².